The normalized spacial score (nSPS) is 16.2. The molecule has 2 amide bonds. The first-order chi connectivity index (χ1) is 18.6. The number of carbonyl (C=O) groups is 2. The molecule has 16 heteroatoms. The number of nitrogens with one attached hydrogen (secondary N) is 2. The third kappa shape index (κ3) is 6.86. The van der Waals surface area contributed by atoms with Crippen LogP contribution in [0.3, 0.4) is 0 Å². The summed E-state index contributed by atoms with van der Waals surface area (Å²) in [5.41, 5.74) is -4.17. The van der Waals surface area contributed by atoms with E-state index in [0.717, 1.165) is 4.31 Å². The Balaban J connectivity index is 1.99. The van der Waals surface area contributed by atoms with Gasteiger partial charge in [0.15, 0.2) is 0 Å². The summed E-state index contributed by atoms with van der Waals surface area (Å²) in [6, 6.07) is 3.72. The predicted molar refractivity (Wildman–Crippen MR) is 142 cm³/mol. The van der Waals surface area contributed by atoms with Crippen LogP contribution in [0.1, 0.15) is 53.3 Å². The molecule has 3 rings (SSSR count). The van der Waals surface area contributed by atoms with Gasteiger partial charge in [-0.1, -0.05) is 0 Å². The monoisotopic (exact) mass is 605 g/mol. The third-order valence-electron chi connectivity index (χ3n) is 6.27. The average molecular weight is 606 g/mol. The number of ether oxygens (including phenoxy) is 2. The minimum Gasteiger partial charge on any atom is -0.484 e. The van der Waals surface area contributed by atoms with Gasteiger partial charge in [-0.3, -0.25) is 19.1 Å². The summed E-state index contributed by atoms with van der Waals surface area (Å²) in [6.07, 6.45) is -5.91. The summed E-state index contributed by atoms with van der Waals surface area (Å²) in [6.45, 7) is 8.79. The van der Waals surface area contributed by atoms with Gasteiger partial charge in [0, 0.05) is 11.7 Å². The van der Waals surface area contributed by atoms with Crippen LogP contribution in [0.4, 0.5) is 29.3 Å². The number of nitrogens with zero attached hydrogens (tertiary/aromatic N) is 3. The lowest BCUT2D eigenvalue weighted by Crippen LogP contribution is -2.51. The van der Waals surface area contributed by atoms with E-state index in [1.165, 1.54) is 42.9 Å². The van der Waals surface area contributed by atoms with Crippen LogP contribution in [-0.4, -0.2) is 71.9 Å². The maximum atomic E-state index is 13.9. The van der Waals surface area contributed by atoms with Crippen molar-refractivity contribution in [1.82, 2.24) is 15.1 Å². The number of amides is 2. The van der Waals surface area contributed by atoms with Crippen molar-refractivity contribution < 1.29 is 45.8 Å². The number of aliphatic hydroxyl groups is 1. The van der Waals surface area contributed by atoms with Gasteiger partial charge in [-0.2, -0.15) is 18.3 Å². The summed E-state index contributed by atoms with van der Waals surface area (Å²) in [4.78, 5) is 24.4. The Hall–Kier alpha value is -3.53. The number of rotatable bonds is 8. The minimum atomic E-state index is -4.83. The van der Waals surface area contributed by atoms with Gasteiger partial charge >= 0.3 is 12.3 Å². The van der Waals surface area contributed by atoms with Crippen LogP contribution in [0, 0.1) is 6.92 Å². The fourth-order valence-corrected chi connectivity index (χ4v) is 5.53. The number of hydrogen-bond acceptors (Lipinski definition) is 8. The maximum absolute atomic E-state index is 13.9. The number of alkyl halides is 3. The molecule has 2 heterocycles. The lowest BCUT2D eigenvalue weighted by Gasteiger charge is -2.36. The Bertz CT molecular complexity index is 1420. The number of aromatic nitrogens is 2. The van der Waals surface area contributed by atoms with Crippen molar-refractivity contribution >= 4 is 33.4 Å². The molecular weight excluding hydrogens is 571 g/mol. The van der Waals surface area contributed by atoms with Crippen LogP contribution < -0.4 is 19.7 Å². The molecule has 0 bridgehead atoms. The number of fused-ring (bicyclic) bond motifs is 1. The molecule has 1 aromatic heterocycles. The molecule has 0 aliphatic carbocycles. The number of halogens is 3. The SMILES string of the molecule is Cc1c(S(=O)(=O)N2CC(CNC(=O)C(C)(C)O)Oc3ccc(NC(=O)OC(C)(C)C(F)(F)F)cc32)cnn1C(C)C. The fourth-order valence-electron chi connectivity index (χ4n) is 3.88. The minimum absolute atomic E-state index is 0.0142. The highest BCUT2D eigenvalue weighted by atomic mass is 32.2. The quantitative estimate of drug-likeness (QED) is 0.414. The molecule has 3 N–H and O–H groups in total. The predicted octanol–water partition coefficient (Wildman–Crippen LogP) is 3.51. The number of sulfonamides is 1. The summed E-state index contributed by atoms with van der Waals surface area (Å²) < 4.78 is 80.3. The van der Waals surface area contributed by atoms with Crippen molar-refractivity contribution in [3.8, 4) is 5.75 Å². The van der Waals surface area contributed by atoms with Crippen molar-refractivity contribution in [2.45, 2.75) is 82.9 Å². The van der Waals surface area contributed by atoms with Crippen LogP contribution in [-0.2, 0) is 19.6 Å². The first kappa shape index (κ1) is 32.0. The number of carbonyl (C=O) groups excluding carboxylic acids is 2. The molecule has 1 atom stereocenters. The Morgan fingerprint density at radius 1 is 1.22 bits per heavy atom. The molecule has 0 spiro atoms. The topological polar surface area (TPSA) is 152 Å². The third-order valence-corrected chi connectivity index (χ3v) is 8.15. The van der Waals surface area contributed by atoms with Crippen molar-refractivity contribution in [1.29, 1.82) is 0 Å². The van der Waals surface area contributed by atoms with E-state index in [4.69, 9.17) is 4.74 Å². The highest BCUT2D eigenvalue weighted by molar-refractivity contribution is 7.92. The van der Waals surface area contributed by atoms with Crippen molar-refractivity contribution in [3.05, 3.63) is 30.1 Å². The fraction of sp³-hybridized carbons (Fsp3) is 0.560. The molecule has 12 nitrogen and oxygen atoms in total. The van der Waals surface area contributed by atoms with E-state index >= 15 is 0 Å². The van der Waals surface area contributed by atoms with E-state index in [1.807, 2.05) is 13.8 Å². The molecule has 0 fully saturated rings. The van der Waals surface area contributed by atoms with Crippen LogP contribution in [0.5, 0.6) is 5.75 Å². The molecule has 0 radical (unpaired) electrons. The average Bonchev–Trinajstić information content (AvgIpc) is 3.22. The summed E-state index contributed by atoms with van der Waals surface area (Å²) in [5, 5.41) is 18.8. The molecule has 1 aliphatic rings. The van der Waals surface area contributed by atoms with E-state index in [-0.39, 0.29) is 41.2 Å². The van der Waals surface area contributed by atoms with Gasteiger partial charge in [-0.05, 0) is 66.7 Å². The Morgan fingerprint density at radius 2 is 1.85 bits per heavy atom. The van der Waals surface area contributed by atoms with Crippen LogP contribution >= 0.6 is 0 Å². The molecule has 1 aromatic carbocycles. The summed E-state index contributed by atoms with van der Waals surface area (Å²) in [7, 11) is -4.30. The van der Waals surface area contributed by atoms with Gasteiger partial charge in [0.2, 0.25) is 5.60 Å². The number of benzene rings is 1. The molecular formula is C25H34F3N5O7S. The molecule has 0 saturated carbocycles. The molecule has 0 saturated heterocycles. The zero-order valence-electron chi connectivity index (χ0n) is 23.7. The van der Waals surface area contributed by atoms with Gasteiger partial charge in [0.1, 0.15) is 22.4 Å². The zero-order chi connectivity index (χ0) is 31.1. The highest BCUT2D eigenvalue weighted by Gasteiger charge is 2.51. The summed E-state index contributed by atoms with van der Waals surface area (Å²) >= 11 is 0. The Morgan fingerprint density at radius 3 is 2.39 bits per heavy atom. The van der Waals surface area contributed by atoms with Gasteiger partial charge in [-0.25, -0.2) is 13.2 Å². The molecule has 228 valence electrons. The van der Waals surface area contributed by atoms with Crippen molar-refractivity contribution in [2.75, 3.05) is 22.7 Å². The second-order valence-electron chi connectivity index (χ2n) is 10.9. The van der Waals surface area contributed by atoms with Crippen LogP contribution in [0.2, 0.25) is 0 Å². The Kier molecular flexibility index (Phi) is 8.61. The van der Waals surface area contributed by atoms with E-state index in [0.29, 0.717) is 19.5 Å². The van der Waals surface area contributed by atoms with E-state index in [2.05, 4.69) is 20.5 Å². The van der Waals surface area contributed by atoms with E-state index in [9.17, 15) is 36.3 Å². The van der Waals surface area contributed by atoms with E-state index < -0.39 is 45.5 Å². The van der Waals surface area contributed by atoms with Gasteiger partial charge in [-0.15, -0.1) is 0 Å². The molecule has 2 aromatic rings. The van der Waals surface area contributed by atoms with Gasteiger partial charge in [0.25, 0.3) is 15.9 Å². The summed E-state index contributed by atoms with van der Waals surface area (Å²) in [5.74, 6) is -0.638. The lowest BCUT2D eigenvalue weighted by atomic mass is 10.1. The number of hydrogen-bond donors (Lipinski definition) is 3. The molecule has 1 unspecified atom stereocenters. The maximum Gasteiger partial charge on any atom is 0.427 e. The standard InChI is InChI=1S/C25H34F3N5O7S/c1-14(2)33-15(3)20(12-30-33)41(37,38)32-13-17(11-29-21(34)23(4,5)36)39-19-9-8-16(10-18(19)32)31-22(35)40-24(6,7)25(26,27)28/h8-10,12,14,17,36H,11,13H2,1-7H3,(H,29,34)(H,31,35). The van der Waals surface area contributed by atoms with Crippen LogP contribution in [0.15, 0.2) is 29.3 Å². The van der Waals surface area contributed by atoms with Crippen molar-refractivity contribution in [3.63, 3.8) is 0 Å². The lowest BCUT2D eigenvalue weighted by molar-refractivity contribution is -0.242. The first-order valence-electron chi connectivity index (χ1n) is 12.6. The van der Waals surface area contributed by atoms with Gasteiger partial charge in [0.05, 0.1) is 30.7 Å². The van der Waals surface area contributed by atoms with Gasteiger partial charge < -0.3 is 19.9 Å². The zero-order valence-corrected chi connectivity index (χ0v) is 24.5. The van der Waals surface area contributed by atoms with Crippen molar-refractivity contribution in [2.24, 2.45) is 0 Å². The largest absolute Gasteiger partial charge is 0.484 e. The molecule has 1 aliphatic heterocycles. The second kappa shape index (κ2) is 11.0. The number of anilines is 2. The second-order valence-corrected chi connectivity index (χ2v) is 12.7. The highest BCUT2D eigenvalue weighted by Crippen LogP contribution is 2.40. The van der Waals surface area contributed by atoms with E-state index in [1.54, 1.807) is 6.92 Å². The van der Waals surface area contributed by atoms with Crippen LogP contribution in [0.25, 0.3) is 0 Å². The molecule has 41 heavy (non-hydrogen) atoms. The Labute approximate surface area is 235 Å². The smallest absolute Gasteiger partial charge is 0.427 e. The first-order valence-corrected chi connectivity index (χ1v) is 14.0.